The molecule has 1 aliphatic rings. The van der Waals surface area contributed by atoms with Gasteiger partial charge in [0.15, 0.2) is 0 Å². The molecule has 0 spiro atoms. The van der Waals surface area contributed by atoms with E-state index in [2.05, 4.69) is 33.6 Å². The number of hydrogen-bond donors (Lipinski definition) is 1. The molecule has 0 aliphatic carbocycles. The number of unbranched alkanes of at least 4 members (excludes halogenated alkanes) is 1. The number of halogens is 1. The average Bonchev–Trinajstić information content (AvgIpc) is 3.32. The minimum atomic E-state index is 0.0236. The summed E-state index contributed by atoms with van der Waals surface area (Å²) in [7, 11) is 0. The Kier molecular flexibility index (Phi) is 8.35. The van der Waals surface area contributed by atoms with Crippen LogP contribution >= 0.6 is 23.1 Å². The standard InChI is InChI=1S/C26H31ClN4OS/c1-2-3-4-19-5-9-22(10-6-19)25(32)28-18-21-13-15-31(16-14-21)26-29-24(30-33-26)17-20-7-11-23(27)12-8-20/h5-12,21H,2-4,13-18H2,1H3,(H,28,32). The number of piperidine rings is 1. The van der Waals surface area contributed by atoms with Gasteiger partial charge in [-0.2, -0.15) is 4.37 Å². The van der Waals surface area contributed by atoms with Gasteiger partial charge in [0.25, 0.3) is 5.91 Å². The van der Waals surface area contributed by atoms with Gasteiger partial charge in [0.2, 0.25) is 5.13 Å². The molecule has 1 fully saturated rings. The van der Waals surface area contributed by atoms with Crippen molar-refractivity contribution < 1.29 is 4.79 Å². The third-order valence-corrected chi connectivity index (χ3v) is 7.27. The third-order valence-electron chi connectivity index (χ3n) is 6.20. The van der Waals surface area contributed by atoms with Crippen LogP contribution in [0.3, 0.4) is 0 Å². The van der Waals surface area contributed by atoms with Crippen molar-refractivity contribution in [3.63, 3.8) is 0 Å². The summed E-state index contributed by atoms with van der Waals surface area (Å²) in [6, 6.07) is 15.9. The lowest BCUT2D eigenvalue weighted by molar-refractivity contribution is 0.0945. The average molecular weight is 483 g/mol. The summed E-state index contributed by atoms with van der Waals surface area (Å²) in [6.45, 7) is 4.81. The fourth-order valence-corrected chi connectivity index (χ4v) is 4.96. The van der Waals surface area contributed by atoms with Gasteiger partial charge in [-0.15, -0.1) is 0 Å². The van der Waals surface area contributed by atoms with Gasteiger partial charge in [-0.3, -0.25) is 4.79 Å². The number of nitrogens with one attached hydrogen (secondary N) is 1. The number of rotatable bonds is 9. The van der Waals surface area contributed by atoms with Gasteiger partial charge in [0, 0.05) is 48.2 Å². The van der Waals surface area contributed by atoms with Gasteiger partial charge in [-0.05, 0) is 67.0 Å². The number of benzene rings is 2. The maximum Gasteiger partial charge on any atom is 0.251 e. The van der Waals surface area contributed by atoms with Gasteiger partial charge in [0.1, 0.15) is 5.82 Å². The van der Waals surface area contributed by atoms with Crippen molar-refractivity contribution in [1.29, 1.82) is 0 Å². The molecule has 1 saturated heterocycles. The van der Waals surface area contributed by atoms with Gasteiger partial charge in [0.05, 0.1) is 0 Å². The van der Waals surface area contributed by atoms with E-state index in [0.717, 1.165) is 72.4 Å². The van der Waals surface area contributed by atoms with Crippen LogP contribution in [-0.2, 0) is 12.8 Å². The zero-order valence-corrected chi connectivity index (χ0v) is 20.7. The van der Waals surface area contributed by atoms with Crippen LogP contribution in [0.1, 0.15) is 59.9 Å². The number of hydrogen-bond acceptors (Lipinski definition) is 5. The molecule has 0 unspecified atom stereocenters. The van der Waals surface area contributed by atoms with Crippen LogP contribution in [-0.4, -0.2) is 34.9 Å². The van der Waals surface area contributed by atoms with Crippen LogP contribution in [0.4, 0.5) is 5.13 Å². The lowest BCUT2D eigenvalue weighted by Gasteiger charge is -2.31. The second kappa shape index (κ2) is 11.6. The van der Waals surface area contributed by atoms with Crippen LogP contribution in [0.25, 0.3) is 0 Å². The molecule has 0 saturated carbocycles. The van der Waals surface area contributed by atoms with Crippen LogP contribution < -0.4 is 10.2 Å². The molecule has 1 amide bonds. The molecule has 0 atom stereocenters. The normalized spacial score (nSPS) is 14.4. The number of carbonyl (C=O) groups is 1. The molecule has 1 aliphatic heterocycles. The van der Waals surface area contributed by atoms with Crippen molar-refractivity contribution in [1.82, 2.24) is 14.7 Å². The number of amides is 1. The fraction of sp³-hybridized carbons (Fsp3) is 0.423. The van der Waals surface area contributed by atoms with E-state index in [1.54, 1.807) is 0 Å². The lowest BCUT2D eigenvalue weighted by Crippen LogP contribution is -2.38. The Labute approximate surface area is 205 Å². The molecule has 1 N–H and O–H groups in total. The van der Waals surface area contributed by atoms with Gasteiger partial charge in [-0.25, -0.2) is 4.98 Å². The van der Waals surface area contributed by atoms with E-state index >= 15 is 0 Å². The molecule has 33 heavy (non-hydrogen) atoms. The van der Waals surface area contributed by atoms with Crippen molar-refractivity contribution in [2.24, 2.45) is 5.92 Å². The topological polar surface area (TPSA) is 58.1 Å². The first-order valence-corrected chi connectivity index (χ1v) is 12.9. The Morgan fingerprint density at radius 2 is 1.79 bits per heavy atom. The van der Waals surface area contributed by atoms with Crippen molar-refractivity contribution in [2.75, 3.05) is 24.5 Å². The lowest BCUT2D eigenvalue weighted by atomic mass is 9.97. The monoisotopic (exact) mass is 482 g/mol. The van der Waals surface area contributed by atoms with Crippen LogP contribution in [0.2, 0.25) is 5.02 Å². The Morgan fingerprint density at radius 3 is 2.48 bits per heavy atom. The predicted octanol–water partition coefficient (Wildman–Crippen LogP) is 5.77. The smallest absolute Gasteiger partial charge is 0.251 e. The highest BCUT2D eigenvalue weighted by molar-refractivity contribution is 7.09. The highest BCUT2D eigenvalue weighted by Crippen LogP contribution is 2.25. The Hall–Kier alpha value is -2.44. The first kappa shape index (κ1) is 23.7. The van der Waals surface area contributed by atoms with Crippen LogP contribution in [0.15, 0.2) is 48.5 Å². The van der Waals surface area contributed by atoms with Crippen LogP contribution in [0, 0.1) is 5.92 Å². The summed E-state index contributed by atoms with van der Waals surface area (Å²) in [5.41, 5.74) is 3.21. The molecule has 5 nitrogen and oxygen atoms in total. The summed E-state index contributed by atoms with van der Waals surface area (Å²) in [6.07, 6.45) is 6.25. The van der Waals surface area contributed by atoms with Gasteiger partial charge < -0.3 is 10.2 Å². The maximum atomic E-state index is 12.5. The molecule has 0 radical (unpaired) electrons. The SMILES string of the molecule is CCCCc1ccc(C(=O)NCC2CCN(c3nc(Cc4ccc(Cl)cc4)ns3)CC2)cc1. The largest absolute Gasteiger partial charge is 0.352 e. The zero-order valence-electron chi connectivity index (χ0n) is 19.1. The van der Waals surface area contributed by atoms with E-state index in [0.29, 0.717) is 5.92 Å². The fourth-order valence-electron chi connectivity index (χ4n) is 4.10. The predicted molar refractivity (Wildman–Crippen MR) is 136 cm³/mol. The highest BCUT2D eigenvalue weighted by Gasteiger charge is 2.22. The minimum absolute atomic E-state index is 0.0236. The van der Waals surface area contributed by atoms with Crippen molar-refractivity contribution in [2.45, 2.75) is 45.4 Å². The molecule has 1 aromatic heterocycles. The Bertz CT molecular complexity index is 1030. The minimum Gasteiger partial charge on any atom is -0.352 e. The van der Waals surface area contributed by atoms with Crippen molar-refractivity contribution in [3.8, 4) is 0 Å². The molecule has 3 aromatic rings. The third kappa shape index (κ3) is 6.78. The number of nitrogens with zero attached hydrogens (tertiary/aromatic N) is 3. The van der Waals surface area contributed by atoms with E-state index in [9.17, 15) is 4.79 Å². The first-order valence-electron chi connectivity index (χ1n) is 11.8. The Morgan fingerprint density at radius 1 is 1.09 bits per heavy atom. The van der Waals surface area contributed by atoms with Crippen molar-refractivity contribution in [3.05, 3.63) is 76.1 Å². The summed E-state index contributed by atoms with van der Waals surface area (Å²) in [4.78, 5) is 19.6. The molecule has 2 aromatic carbocycles. The first-order chi connectivity index (χ1) is 16.1. The molecule has 7 heteroatoms. The van der Waals surface area contributed by atoms with Gasteiger partial charge >= 0.3 is 0 Å². The zero-order chi connectivity index (χ0) is 23.0. The van der Waals surface area contributed by atoms with E-state index in [-0.39, 0.29) is 5.91 Å². The van der Waals surface area contributed by atoms with Crippen molar-refractivity contribution >= 4 is 34.2 Å². The van der Waals surface area contributed by atoms with E-state index in [4.69, 9.17) is 16.6 Å². The Balaban J connectivity index is 1.21. The summed E-state index contributed by atoms with van der Waals surface area (Å²) < 4.78 is 4.54. The van der Waals surface area contributed by atoms with E-state index in [1.807, 2.05) is 36.4 Å². The molecular weight excluding hydrogens is 452 g/mol. The molecule has 0 bridgehead atoms. The number of carbonyl (C=O) groups excluding carboxylic acids is 1. The van der Waals surface area contributed by atoms with Crippen LogP contribution in [0.5, 0.6) is 0 Å². The molecule has 2 heterocycles. The second-order valence-corrected chi connectivity index (χ2v) is 9.90. The summed E-state index contributed by atoms with van der Waals surface area (Å²) >= 11 is 7.43. The quantitative estimate of drug-likeness (QED) is 0.420. The second-order valence-electron chi connectivity index (χ2n) is 8.74. The molecular formula is C26H31ClN4OS. The number of aryl methyl sites for hydroxylation is 1. The maximum absolute atomic E-state index is 12.5. The summed E-state index contributed by atoms with van der Waals surface area (Å²) in [5, 5.41) is 4.86. The number of aromatic nitrogens is 2. The highest BCUT2D eigenvalue weighted by atomic mass is 35.5. The summed E-state index contributed by atoms with van der Waals surface area (Å²) in [5.74, 6) is 1.37. The van der Waals surface area contributed by atoms with E-state index < -0.39 is 0 Å². The molecule has 4 rings (SSSR count). The van der Waals surface area contributed by atoms with Gasteiger partial charge in [-0.1, -0.05) is 49.2 Å². The molecule has 174 valence electrons. The van der Waals surface area contributed by atoms with E-state index in [1.165, 1.54) is 29.9 Å². The number of anilines is 1.